The third-order valence-corrected chi connectivity index (χ3v) is 9.25. The van der Waals surface area contributed by atoms with Crippen LogP contribution in [0, 0.1) is 46.3 Å². The summed E-state index contributed by atoms with van der Waals surface area (Å²) in [5.41, 5.74) is 2.74. The van der Waals surface area contributed by atoms with Gasteiger partial charge in [0.15, 0.2) is 0 Å². The van der Waals surface area contributed by atoms with Crippen LogP contribution in [0.15, 0.2) is 12.2 Å². The molecule has 0 spiro atoms. The van der Waals surface area contributed by atoms with Crippen LogP contribution >= 0.6 is 0 Å². The van der Waals surface area contributed by atoms with Crippen LogP contribution in [-0.4, -0.2) is 0 Å². The maximum Gasteiger partial charge on any atom is -0.00879 e. The first-order valence-corrected chi connectivity index (χ1v) is 10.0. The van der Waals surface area contributed by atoms with Crippen molar-refractivity contribution in [1.82, 2.24) is 0 Å². The van der Waals surface area contributed by atoms with Crippen LogP contribution in [0.3, 0.4) is 0 Å². The van der Waals surface area contributed by atoms with Gasteiger partial charge in [0, 0.05) is 0 Å². The standard InChI is InChI=1S/C22H36/c1-14-8-10-22(5)19-9-11-21(4)16(3)6-7-18(21)17(19)13-15(2)20(22)12-14/h14-15,17-20H,3,6-13H2,1-2,4-5H3. The van der Waals surface area contributed by atoms with Gasteiger partial charge >= 0.3 is 0 Å². The largest absolute Gasteiger partial charge is 0.0993 e. The van der Waals surface area contributed by atoms with Crippen molar-refractivity contribution in [3.63, 3.8) is 0 Å². The van der Waals surface area contributed by atoms with Crippen LogP contribution in [0.2, 0.25) is 0 Å². The third-order valence-electron chi connectivity index (χ3n) is 9.25. The topological polar surface area (TPSA) is 0 Å². The molecule has 4 rings (SSSR count). The van der Waals surface area contributed by atoms with E-state index < -0.39 is 0 Å². The molecule has 22 heavy (non-hydrogen) atoms. The lowest BCUT2D eigenvalue weighted by Gasteiger charge is -2.62. The minimum absolute atomic E-state index is 0.492. The number of fused-ring (bicyclic) bond motifs is 5. The van der Waals surface area contributed by atoms with Crippen molar-refractivity contribution in [2.24, 2.45) is 46.3 Å². The van der Waals surface area contributed by atoms with Gasteiger partial charge in [-0.2, -0.15) is 0 Å². The fourth-order valence-electron chi connectivity index (χ4n) is 7.84. The van der Waals surface area contributed by atoms with Gasteiger partial charge in [-0.15, -0.1) is 0 Å². The van der Waals surface area contributed by atoms with Gasteiger partial charge in [0.1, 0.15) is 0 Å². The summed E-state index contributed by atoms with van der Waals surface area (Å²) >= 11 is 0. The van der Waals surface area contributed by atoms with Crippen molar-refractivity contribution in [3.8, 4) is 0 Å². The van der Waals surface area contributed by atoms with Gasteiger partial charge in [-0.05, 0) is 91.3 Å². The van der Waals surface area contributed by atoms with Gasteiger partial charge in [0.25, 0.3) is 0 Å². The Morgan fingerprint density at radius 2 is 1.68 bits per heavy atom. The van der Waals surface area contributed by atoms with E-state index >= 15 is 0 Å². The van der Waals surface area contributed by atoms with Crippen molar-refractivity contribution < 1.29 is 0 Å². The molecule has 0 nitrogen and oxygen atoms in total. The molecule has 124 valence electrons. The summed E-state index contributed by atoms with van der Waals surface area (Å²) in [5.74, 6) is 5.90. The summed E-state index contributed by atoms with van der Waals surface area (Å²) in [6.45, 7) is 14.8. The lowest BCUT2D eigenvalue weighted by molar-refractivity contribution is -0.128. The highest BCUT2D eigenvalue weighted by molar-refractivity contribution is 5.21. The molecule has 0 aromatic rings. The van der Waals surface area contributed by atoms with Gasteiger partial charge in [-0.25, -0.2) is 0 Å². The molecule has 4 aliphatic carbocycles. The number of hydrogen-bond acceptors (Lipinski definition) is 0. The molecule has 0 N–H and O–H groups in total. The molecule has 0 aliphatic heterocycles. The first kappa shape index (κ1) is 15.3. The summed E-state index contributed by atoms with van der Waals surface area (Å²) in [4.78, 5) is 0. The third kappa shape index (κ3) is 1.88. The first-order chi connectivity index (χ1) is 10.4. The Balaban J connectivity index is 1.68. The van der Waals surface area contributed by atoms with E-state index in [4.69, 9.17) is 0 Å². The van der Waals surface area contributed by atoms with Crippen molar-refractivity contribution in [1.29, 1.82) is 0 Å². The SMILES string of the molecule is C=C1CCC2C3CC(C)C4CC(C)CCC4(C)C3CCC12C. The van der Waals surface area contributed by atoms with Crippen LogP contribution in [0.1, 0.15) is 79.1 Å². The van der Waals surface area contributed by atoms with Crippen LogP contribution in [-0.2, 0) is 0 Å². The Labute approximate surface area is 138 Å². The summed E-state index contributed by atoms with van der Waals surface area (Å²) in [6, 6.07) is 0. The molecule has 0 saturated heterocycles. The van der Waals surface area contributed by atoms with E-state index in [1.54, 1.807) is 5.57 Å². The minimum Gasteiger partial charge on any atom is -0.0993 e. The van der Waals surface area contributed by atoms with Crippen LogP contribution in [0.25, 0.3) is 0 Å². The Morgan fingerprint density at radius 3 is 2.45 bits per heavy atom. The summed E-state index contributed by atoms with van der Waals surface area (Å²) in [6.07, 6.45) is 11.7. The second kappa shape index (κ2) is 4.87. The van der Waals surface area contributed by atoms with Crippen molar-refractivity contribution >= 4 is 0 Å². The lowest BCUT2D eigenvalue weighted by Crippen LogP contribution is -2.55. The number of allylic oxidation sites excluding steroid dienone is 1. The molecule has 0 aromatic heterocycles. The van der Waals surface area contributed by atoms with Crippen molar-refractivity contribution in [2.45, 2.75) is 79.1 Å². The second-order valence-corrected chi connectivity index (χ2v) is 10.2. The number of hydrogen-bond donors (Lipinski definition) is 0. The monoisotopic (exact) mass is 300 g/mol. The van der Waals surface area contributed by atoms with Crippen molar-refractivity contribution in [3.05, 3.63) is 12.2 Å². The van der Waals surface area contributed by atoms with E-state index in [1.807, 2.05) is 0 Å². The van der Waals surface area contributed by atoms with E-state index in [1.165, 1.54) is 51.4 Å². The predicted octanol–water partition coefficient (Wildman–Crippen LogP) is 6.47. The highest BCUT2D eigenvalue weighted by Crippen LogP contribution is 2.68. The molecule has 0 heterocycles. The molecule has 8 atom stereocenters. The van der Waals surface area contributed by atoms with E-state index in [9.17, 15) is 0 Å². The van der Waals surface area contributed by atoms with Crippen LogP contribution in [0.5, 0.6) is 0 Å². The Bertz CT molecular complexity index is 476. The van der Waals surface area contributed by atoms with Crippen LogP contribution in [0.4, 0.5) is 0 Å². The minimum atomic E-state index is 0.492. The molecule has 0 heteroatoms. The Kier molecular flexibility index (Phi) is 3.38. The van der Waals surface area contributed by atoms with Gasteiger partial charge in [0.2, 0.25) is 0 Å². The van der Waals surface area contributed by atoms with Crippen molar-refractivity contribution in [2.75, 3.05) is 0 Å². The maximum atomic E-state index is 4.48. The summed E-state index contributed by atoms with van der Waals surface area (Å²) < 4.78 is 0. The zero-order valence-corrected chi connectivity index (χ0v) is 15.3. The van der Waals surface area contributed by atoms with E-state index in [0.717, 1.165) is 35.5 Å². The van der Waals surface area contributed by atoms with Gasteiger partial charge in [-0.3, -0.25) is 0 Å². The molecule has 0 amide bonds. The smallest absolute Gasteiger partial charge is 0.00879 e. The lowest BCUT2D eigenvalue weighted by atomic mass is 9.43. The molecule has 4 aliphatic rings. The molecule has 8 unspecified atom stereocenters. The molecule has 4 saturated carbocycles. The van der Waals surface area contributed by atoms with E-state index in [2.05, 4.69) is 34.3 Å². The quantitative estimate of drug-likeness (QED) is 0.450. The zero-order chi connectivity index (χ0) is 15.7. The van der Waals surface area contributed by atoms with Crippen LogP contribution < -0.4 is 0 Å². The van der Waals surface area contributed by atoms with E-state index in [0.29, 0.717) is 10.8 Å². The molecule has 0 aromatic carbocycles. The zero-order valence-electron chi connectivity index (χ0n) is 15.3. The average molecular weight is 301 g/mol. The normalized spacial score (nSPS) is 57.9. The maximum absolute atomic E-state index is 4.48. The highest BCUT2D eigenvalue weighted by atomic mass is 14.6. The summed E-state index contributed by atoms with van der Waals surface area (Å²) in [7, 11) is 0. The molecular formula is C22H36. The molecule has 4 fully saturated rings. The average Bonchev–Trinajstić information content (AvgIpc) is 2.77. The van der Waals surface area contributed by atoms with E-state index in [-0.39, 0.29) is 0 Å². The van der Waals surface area contributed by atoms with Gasteiger partial charge < -0.3 is 0 Å². The fourth-order valence-corrected chi connectivity index (χ4v) is 7.84. The second-order valence-electron chi connectivity index (χ2n) is 10.2. The van der Waals surface area contributed by atoms with Gasteiger partial charge in [-0.1, -0.05) is 46.3 Å². The molecule has 0 bridgehead atoms. The molecular weight excluding hydrogens is 264 g/mol. The molecule has 0 radical (unpaired) electrons. The predicted molar refractivity (Wildman–Crippen MR) is 94.6 cm³/mol. The first-order valence-electron chi connectivity index (χ1n) is 10.0. The van der Waals surface area contributed by atoms with Gasteiger partial charge in [0.05, 0.1) is 0 Å². The summed E-state index contributed by atoms with van der Waals surface area (Å²) in [5, 5.41) is 0. The highest BCUT2D eigenvalue weighted by Gasteiger charge is 2.59. The fraction of sp³-hybridized carbons (Fsp3) is 0.909. The Hall–Kier alpha value is -0.260. The Morgan fingerprint density at radius 1 is 0.909 bits per heavy atom. The number of rotatable bonds is 0.